The van der Waals surface area contributed by atoms with Crippen molar-refractivity contribution in [1.82, 2.24) is 0 Å². The Kier molecular flexibility index (Phi) is 5.04. The van der Waals surface area contributed by atoms with E-state index < -0.39 is 5.97 Å². The molecule has 0 fully saturated rings. The molecule has 0 unspecified atom stereocenters. The molecule has 0 heterocycles. The first kappa shape index (κ1) is 11.9. The standard InChI is InChI=1S/C11H14O3S/c1-14-10-4-2-9(3-5-10)6-7-15-8-11(12)13/h2-5H,6-8H2,1H3,(H,12,13). The maximum atomic E-state index is 10.3. The molecule has 4 heteroatoms. The molecular formula is C11H14O3S. The number of thioether (sulfide) groups is 1. The van der Waals surface area contributed by atoms with Gasteiger partial charge in [-0.05, 0) is 29.9 Å². The molecule has 0 saturated heterocycles. The van der Waals surface area contributed by atoms with E-state index in [-0.39, 0.29) is 5.75 Å². The Labute approximate surface area is 93.4 Å². The number of aliphatic carboxylic acids is 1. The molecule has 1 aromatic carbocycles. The summed E-state index contributed by atoms with van der Waals surface area (Å²) in [7, 11) is 1.64. The number of hydrogen-bond donors (Lipinski definition) is 1. The number of benzene rings is 1. The zero-order valence-corrected chi connectivity index (χ0v) is 9.42. The summed E-state index contributed by atoms with van der Waals surface area (Å²) in [5.74, 6) is 1.10. The zero-order chi connectivity index (χ0) is 11.1. The van der Waals surface area contributed by atoms with E-state index in [1.54, 1.807) is 7.11 Å². The van der Waals surface area contributed by atoms with Gasteiger partial charge < -0.3 is 9.84 Å². The fourth-order valence-corrected chi connectivity index (χ4v) is 1.84. The average Bonchev–Trinajstić information content (AvgIpc) is 2.25. The molecule has 3 nitrogen and oxygen atoms in total. The van der Waals surface area contributed by atoms with E-state index in [2.05, 4.69) is 0 Å². The van der Waals surface area contributed by atoms with Crippen molar-refractivity contribution in [2.75, 3.05) is 18.6 Å². The quantitative estimate of drug-likeness (QED) is 0.754. The number of carboxylic acid groups (broad SMARTS) is 1. The van der Waals surface area contributed by atoms with E-state index in [0.717, 1.165) is 17.9 Å². The van der Waals surface area contributed by atoms with Crippen LogP contribution in [-0.2, 0) is 11.2 Å². The summed E-state index contributed by atoms with van der Waals surface area (Å²) in [5.41, 5.74) is 1.20. The second kappa shape index (κ2) is 6.35. The normalized spacial score (nSPS) is 9.93. The highest BCUT2D eigenvalue weighted by Crippen LogP contribution is 2.13. The van der Waals surface area contributed by atoms with Gasteiger partial charge in [-0.2, -0.15) is 0 Å². The maximum absolute atomic E-state index is 10.3. The van der Waals surface area contributed by atoms with E-state index in [9.17, 15) is 4.79 Å². The molecule has 1 rings (SSSR count). The second-order valence-electron chi connectivity index (χ2n) is 3.04. The molecule has 0 amide bonds. The van der Waals surface area contributed by atoms with E-state index in [4.69, 9.17) is 9.84 Å². The minimum Gasteiger partial charge on any atom is -0.497 e. The van der Waals surface area contributed by atoms with Crippen molar-refractivity contribution in [3.8, 4) is 5.75 Å². The predicted molar refractivity (Wildman–Crippen MR) is 61.7 cm³/mol. The summed E-state index contributed by atoms with van der Waals surface area (Å²) >= 11 is 1.44. The summed E-state index contributed by atoms with van der Waals surface area (Å²) in [5, 5.41) is 8.44. The first-order valence-electron chi connectivity index (χ1n) is 4.65. The number of ether oxygens (including phenoxy) is 1. The van der Waals surface area contributed by atoms with Crippen LogP contribution in [0.1, 0.15) is 5.56 Å². The van der Waals surface area contributed by atoms with Crippen LogP contribution in [0.4, 0.5) is 0 Å². The van der Waals surface area contributed by atoms with Crippen LogP contribution in [0, 0.1) is 0 Å². The van der Waals surface area contributed by atoms with Gasteiger partial charge in [0.1, 0.15) is 5.75 Å². The Morgan fingerprint density at radius 2 is 2.07 bits per heavy atom. The lowest BCUT2D eigenvalue weighted by Crippen LogP contribution is -1.99. The van der Waals surface area contributed by atoms with Gasteiger partial charge in [-0.1, -0.05) is 12.1 Å². The average molecular weight is 226 g/mol. The zero-order valence-electron chi connectivity index (χ0n) is 8.60. The second-order valence-corrected chi connectivity index (χ2v) is 4.15. The molecule has 0 radical (unpaired) electrons. The first-order valence-corrected chi connectivity index (χ1v) is 5.80. The van der Waals surface area contributed by atoms with Crippen LogP contribution in [0.15, 0.2) is 24.3 Å². The Balaban J connectivity index is 2.28. The highest BCUT2D eigenvalue weighted by molar-refractivity contribution is 7.99. The van der Waals surface area contributed by atoms with Crippen molar-refractivity contribution < 1.29 is 14.6 Å². The van der Waals surface area contributed by atoms with Gasteiger partial charge in [-0.15, -0.1) is 11.8 Å². The number of carboxylic acids is 1. The third-order valence-corrected chi connectivity index (χ3v) is 2.86. The lowest BCUT2D eigenvalue weighted by atomic mass is 10.2. The van der Waals surface area contributed by atoms with E-state index in [1.165, 1.54) is 17.3 Å². The van der Waals surface area contributed by atoms with Gasteiger partial charge in [-0.25, -0.2) is 0 Å². The van der Waals surface area contributed by atoms with Crippen molar-refractivity contribution in [3.05, 3.63) is 29.8 Å². The largest absolute Gasteiger partial charge is 0.497 e. The molecule has 0 aliphatic heterocycles. The smallest absolute Gasteiger partial charge is 0.313 e. The molecule has 0 aromatic heterocycles. The van der Waals surface area contributed by atoms with Gasteiger partial charge in [0, 0.05) is 0 Å². The van der Waals surface area contributed by atoms with Crippen molar-refractivity contribution in [2.45, 2.75) is 6.42 Å². The van der Waals surface area contributed by atoms with Crippen LogP contribution in [0.25, 0.3) is 0 Å². The molecule has 15 heavy (non-hydrogen) atoms. The van der Waals surface area contributed by atoms with Crippen LogP contribution in [0.2, 0.25) is 0 Å². The Morgan fingerprint density at radius 1 is 1.40 bits per heavy atom. The summed E-state index contributed by atoms with van der Waals surface area (Å²) in [4.78, 5) is 10.3. The SMILES string of the molecule is COc1ccc(CCSCC(=O)O)cc1. The molecule has 1 aromatic rings. The van der Waals surface area contributed by atoms with E-state index in [1.807, 2.05) is 24.3 Å². The summed E-state index contributed by atoms with van der Waals surface area (Å²) < 4.78 is 5.04. The molecule has 0 saturated carbocycles. The monoisotopic (exact) mass is 226 g/mol. The van der Waals surface area contributed by atoms with Crippen molar-refractivity contribution in [2.24, 2.45) is 0 Å². The molecule has 82 valence electrons. The number of carbonyl (C=O) groups is 1. The molecular weight excluding hydrogens is 212 g/mol. The maximum Gasteiger partial charge on any atom is 0.313 e. The molecule has 0 atom stereocenters. The van der Waals surface area contributed by atoms with Gasteiger partial charge in [0.25, 0.3) is 0 Å². The van der Waals surface area contributed by atoms with Crippen LogP contribution < -0.4 is 4.74 Å². The molecule has 0 aliphatic rings. The van der Waals surface area contributed by atoms with Crippen molar-refractivity contribution >= 4 is 17.7 Å². The van der Waals surface area contributed by atoms with Gasteiger partial charge in [0.15, 0.2) is 0 Å². The molecule has 1 N–H and O–H groups in total. The van der Waals surface area contributed by atoms with Gasteiger partial charge >= 0.3 is 5.97 Å². The predicted octanol–water partition coefficient (Wildman–Crippen LogP) is 2.06. The topological polar surface area (TPSA) is 46.5 Å². The van der Waals surface area contributed by atoms with Crippen molar-refractivity contribution in [3.63, 3.8) is 0 Å². The minimum absolute atomic E-state index is 0.177. The van der Waals surface area contributed by atoms with Crippen LogP contribution >= 0.6 is 11.8 Å². The lowest BCUT2D eigenvalue weighted by molar-refractivity contribution is -0.133. The first-order chi connectivity index (χ1) is 7.22. The van der Waals surface area contributed by atoms with Crippen molar-refractivity contribution in [1.29, 1.82) is 0 Å². The number of methoxy groups -OCH3 is 1. The van der Waals surface area contributed by atoms with Crippen LogP contribution in [0.3, 0.4) is 0 Å². The van der Waals surface area contributed by atoms with Crippen LogP contribution in [0.5, 0.6) is 5.75 Å². The Morgan fingerprint density at radius 3 is 2.60 bits per heavy atom. The summed E-state index contributed by atoms with van der Waals surface area (Å²) in [6, 6.07) is 7.83. The van der Waals surface area contributed by atoms with Gasteiger partial charge in [-0.3, -0.25) is 4.79 Å². The number of rotatable bonds is 6. The fraction of sp³-hybridized carbons (Fsp3) is 0.364. The molecule has 0 spiro atoms. The fourth-order valence-electron chi connectivity index (χ4n) is 1.14. The Bertz CT molecular complexity index is 308. The minimum atomic E-state index is -0.755. The third-order valence-electron chi connectivity index (χ3n) is 1.92. The van der Waals surface area contributed by atoms with Crippen LogP contribution in [-0.4, -0.2) is 29.7 Å². The summed E-state index contributed by atoms with van der Waals surface area (Å²) in [6.07, 6.45) is 0.891. The summed E-state index contributed by atoms with van der Waals surface area (Å²) in [6.45, 7) is 0. The molecule has 0 bridgehead atoms. The van der Waals surface area contributed by atoms with E-state index in [0.29, 0.717) is 0 Å². The highest BCUT2D eigenvalue weighted by Gasteiger charge is 1.98. The number of aryl methyl sites for hydroxylation is 1. The Hall–Kier alpha value is -1.16. The molecule has 0 aliphatic carbocycles. The van der Waals surface area contributed by atoms with E-state index >= 15 is 0 Å². The van der Waals surface area contributed by atoms with Gasteiger partial charge in [0.2, 0.25) is 0 Å². The third kappa shape index (κ3) is 4.74. The number of hydrogen-bond acceptors (Lipinski definition) is 3. The lowest BCUT2D eigenvalue weighted by Gasteiger charge is -2.02. The highest BCUT2D eigenvalue weighted by atomic mass is 32.2. The van der Waals surface area contributed by atoms with Gasteiger partial charge in [0.05, 0.1) is 12.9 Å².